The van der Waals surface area contributed by atoms with E-state index in [4.69, 9.17) is 14.2 Å². The first-order valence-electron chi connectivity index (χ1n) is 12.2. The first-order chi connectivity index (χ1) is 16.0. The molecule has 33 heavy (non-hydrogen) atoms. The summed E-state index contributed by atoms with van der Waals surface area (Å²) in [5.41, 5.74) is 6.75. The third-order valence-electron chi connectivity index (χ3n) is 7.31. The smallest absolute Gasteiger partial charge is 0.170 e. The van der Waals surface area contributed by atoms with Gasteiger partial charge in [-0.25, -0.2) is 0 Å². The van der Waals surface area contributed by atoms with Gasteiger partial charge in [0.05, 0.1) is 5.57 Å². The number of fused-ring (bicyclic) bond motifs is 1. The molecule has 3 atom stereocenters. The third kappa shape index (κ3) is 4.51. The Hall–Kier alpha value is -2.43. The van der Waals surface area contributed by atoms with Crippen LogP contribution in [0.2, 0.25) is 0 Å². The van der Waals surface area contributed by atoms with Gasteiger partial charge < -0.3 is 14.2 Å². The number of Topliss-reactive ketones (excluding diaryl/α,β-unsaturated/α-hetero) is 1. The molecule has 0 aliphatic heterocycles. The van der Waals surface area contributed by atoms with Gasteiger partial charge in [-0.15, -0.1) is 0 Å². The SMILES string of the molecule is CCc1cc(C)cc(CC)c1C1=C(OCc2ccccc2)C2CC(C(OC)OC)CC2C1=O. The van der Waals surface area contributed by atoms with Crippen LogP contribution in [0, 0.1) is 24.7 Å². The fraction of sp³-hybridized carbons (Fsp3) is 0.483. The predicted molar refractivity (Wildman–Crippen MR) is 131 cm³/mol. The minimum absolute atomic E-state index is 0.0701. The van der Waals surface area contributed by atoms with Crippen molar-refractivity contribution in [1.29, 1.82) is 0 Å². The van der Waals surface area contributed by atoms with Crippen LogP contribution in [0.4, 0.5) is 0 Å². The number of hydrogen-bond acceptors (Lipinski definition) is 4. The van der Waals surface area contributed by atoms with Gasteiger partial charge in [0.25, 0.3) is 0 Å². The summed E-state index contributed by atoms with van der Waals surface area (Å²) in [6.07, 6.45) is 3.09. The topological polar surface area (TPSA) is 44.8 Å². The van der Waals surface area contributed by atoms with Crippen LogP contribution in [0.25, 0.3) is 5.57 Å². The van der Waals surface area contributed by atoms with Crippen molar-refractivity contribution in [3.63, 3.8) is 0 Å². The Bertz CT molecular complexity index is 994. The molecule has 1 saturated carbocycles. The van der Waals surface area contributed by atoms with Crippen molar-refractivity contribution in [1.82, 2.24) is 0 Å². The lowest BCUT2D eigenvalue weighted by Gasteiger charge is -2.23. The van der Waals surface area contributed by atoms with Crippen molar-refractivity contribution >= 4 is 11.4 Å². The van der Waals surface area contributed by atoms with Gasteiger partial charge in [0, 0.05) is 32.0 Å². The molecule has 176 valence electrons. The van der Waals surface area contributed by atoms with Gasteiger partial charge in [-0.3, -0.25) is 4.79 Å². The summed E-state index contributed by atoms with van der Waals surface area (Å²) < 4.78 is 17.7. The molecule has 0 N–H and O–H groups in total. The lowest BCUT2D eigenvalue weighted by molar-refractivity contribution is -0.137. The summed E-state index contributed by atoms with van der Waals surface area (Å²) in [6.45, 7) is 6.93. The molecule has 0 radical (unpaired) electrons. The highest BCUT2D eigenvalue weighted by atomic mass is 16.7. The Kier molecular flexibility index (Phi) is 7.35. The number of carbonyl (C=O) groups excluding carboxylic acids is 1. The molecule has 4 heteroatoms. The molecule has 2 aromatic carbocycles. The average Bonchev–Trinajstić information content (AvgIpc) is 3.37. The quantitative estimate of drug-likeness (QED) is 0.449. The third-order valence-corrected chi connectivity index (χ3v) is 7.31. The second-order valence-electron chi connectivity index (χ2n) is 9.33. The van der Waals surface area contributed by atoms with Crippen molar-refractivity contribution in [3.8, 4) is 0 Å². The predicted octanol–water partition coefficient (Wildman–Crippen LogP) is 5.89. The summed E-state index contributed by atoms with van der Waals surface area (Å²) in [5, 5.41) is 0. The summed E-state index contributed by atoms with van der Waals surface area (Å²) in [4.78, 5) is 14.0. The summed E-state index contributed by atoms with van der Waals surface area (Å²) in [6, 6.07) is 14.6. The average molecular weight is 449 g/mol. The van der Waals surface area contributed by atoms with Gasteiger partial charge in [-0.1, -0.05) is 61.9 Å². The lowest BCUT2D eigenvalue weighted by atomic mass is 9.87. The van der Waals surface area contributed by atoms with E-state index in [1.807, 2.05) is 18.2 Å². The number of ether oxygens (including phenoxy) is 3. The molecule has 0 saturated heterocycles. The molecular formula is C29H36O4. The molecule has 3 unspecified atom stereocenters. The van der Waals surface area contributed by atoms with E-state index in [-0.39, 0.29) is 29.8 Å². The lowest BCUT2D eigenvalue weighted by Crippen LogP contribution is -2.24. The van der Waals surface area contributed by atoms with Crippen LogP contribution < -0.4 is 0 Å². The fourth-order valence-corrected chi connectivity index (χ4v) is 5.83. The Morgan fingerprint density at radius 1 is 0.939 bits per heavy atom. The largest absolute Gasteiger partial charge is 0.492 e. The summed E-state index contributed by atoms with van der Waals surface area (Å²) in [7, 11) is 3.34. The van der Waals surface area contributed by atoms with E-state index in [1.54, 1.807) is 14.2 Å². The number of hydrogen-bond donors (Lipinski definition) is 0. The molecule has 2 aromatic rings. The van der Waals surface area contributed by atoms with Crippen LogP contribution in [0.5, 0.6) is 0 Å². The fourth-order valence-electron chi connectivity index (χ4n) is 5.83. The monoisotopic (exact) mass is 448 g/mol. The highest BCUT2D eigenvalue weighted by molar-refractivity contribution is 6.25. The zero-order valence-electron chi connectivity index (χ0n) is 20.5. The van der Waals surface area contributed by atoms with E-state index in [0.29, 0.717) is 6.61 Å². The van der Waals surface area contributed by atoms with Crippen molar-refractivity contribution in [2.45, 2.75) is 59.4 Å². The van der Waals surface area contributed by atoms with Crippen molar-refractivity contribution in [2.75, 3.05) is 14.2 Å². The standard InChI is InChI=1S/C29H36O4/c1-6-20-13-18(3)14-21(7-2)25(20)26-27(30)23-15-22(29(31-4)32-5)16-24(23)28(26)33-17-19-11-9-8-10-12-19/h8-14,22-24,29H,6-7,15-17H2,1-5H3. The molecule has 0 bridgehead atoms. The second kappa shape index (κ2) is 10.2. The number of benzene rings is 2. The molecular weight excluding hydrogens is 412 g/mol. The Morgan fingerprint density at radius 2 is 1.55 bits per heavy atom. The normalized spacial score (nSPS) is 22.4. The van der Waals surface area contributed by atoms with Gasteiger partial charge in [-0.2, -0.15) is 0 Å². The van der Waals surface area contributed by atoms with Crippen molar-refractivity contribution in [3.05, 3.63) is 76.0 Å². The van der Waals surface area contributed by atoms with Crippen LogP contribution in [0.1, 0.15) is 54.5 Å². The molecule has 1 fully saturated rings. The number of ketones is 1. The first kappa shape index (κ1) is 23.7. The maximum atomic E-state index is 14.0. The number of methoxy groups -OCH3 is 2. The molecule has 0 heterocycles. The van der Waals surface area contributed by atoms with Crippen LogP contribution >= 0.6 is 0 Å². The van der Waals surface area contributed by atoms with Crippen LogP contribution in [0.3, 0.4) is 0 Å². The van der Waals surface area contributed by atoms with Gasteiger partial charge >= 0.3 is 0 Å². The number of aryl methyl sites for hydroxylation is 3. The number of rotatable bonds is 9. The summed E-state index contributed by atoms with van der Waals surface area (Å²) >= 11 is 0. The minimum Gasteiger partial charge on any atom is -0.492 e. The van der Waals surface area contributed by atoms with Gasteiger partial charge in [-0.05, 0) is 54.9 Å². The molecule has 0 aromatic heterocycles. The molecule has 4 rings (SSSR count). The first-order valence-corrected chi connectivity index (χ1v) is 12.2. The maximum Gasteiger partial charge on any atom is 0.170 e. The summed E-state index contributed by atoms with van der Waals surface area (Å²) in [5.74, 6) is 1.29. The highest BCUT2D eigenvalue weighted by Gasteiger charge is 2.51. The molecule has 4 nitrogen and oxygen atoms in total. The van der Waals surface area contributed by atoms with E-state index in [0.717, 1.165) is 48.1 Å². The zero-order chi connectivity index (χ0) is 23.5. The van der Waals surface area contributed by atoms with Crippen LogP contribution in [-0.2, 0) is 38.5 Å². The number of allylic oxidation sites excluding steroid dienone is 2. The molecule has 2 aliphatic carbocycles. The second-order valence-corrected chi connectivity index (χ2v) is 9.33. The van der Waals surface area contributed by atoms with Gasteiger partial charge in [0.1, 0.15) is 12.4 Å². The van der Waals surface area contributed by atoms with Crippen LogP contribution in [-0.4, -0.2) is 26.3 Å². The van der Waals surface area contributed by atoms with E-state index >= 15 is 0 Å². The molecule has 2 aliphatic rings. The van der Waals surface area contributed by atoms with Crippen molar-refractivity contribution in [2.24, 2.45) is 17.8 Å². The Morgan fingerprint density at radius 3 is 2.12 bits per heavy atom. The van der Waals surface area contributed by atoms with Gasteiger partial charge in [0.15, 0.2) is 12.1 Å². The number of carbonyl (C=O) groups is 1. The highest BCUT2D eigenvalue weighted by Crippen LogP contribution is 2.53. The van der Waals surface area contributed by atoms with E-state index in [2.05, 4.69) is 45.0 Å². The van der Waals surface area contributed by atoms with E-state index in [9.17, 15) is 4.79 Å². The minimum atomic E-state index is -0.293. The van der Waals surface area contributed by atoms with E-state index < -0.39 is 0 Å². The molecule has 0 amide bonds. The Labute approximate surface area is 197 Å². The zero-order valence-corrected chi connectivity index (χ0v) is 20.5. The van der Waals surface area contributed by atoms with Crippen molar-refractivity contribution < 1.29 is 19.0 Å². The Balaban J connectivity index is 1.79. The van der Waals surface area contributed by atoms with Crippen LogP contribution in [0.15, 0.2) is 48.2 Å². The van der Waals surface area contributed by atoms with E-state index in [1.165, 1.54) is 16.7 Å². The van der Waals surface area contributed by atoms with Gasteiger partial charge in [0.2, 0.25) is 0 Å². The molecule has 0 spiro atoms. The maximum absolute atomic E-state index is 14.0.